The second-order valence-corrected chi connectivity index (χ2v) is 7.16. The molecule has 0 spiro atoms. The zero-order valence-electron chi connectivity index (χ0n) is 15.1. The molecule has 1 atom stereocenters. The smallest absolute Gasteiger partial charge is 0.302 e. The number of carbonyl (C=O) groups excluding carboxylic acids is 1. The third-order valence-electron chi connectivity index (χ3n) is 4.39. The van der Waals surface area contributed by atoms with Crippen molar-refractivity contribution in [2.24, 2.45) is 10.2 Å². The van der Waals surface area contributed by atoms with Crippen LogP contribution in [-0.4, -0.2) is 22.6 Å². The van der Waals surface area contributed by atoms with E-state index in [0.717, 1.165) is 16.5 Å². The van der Waals surface area contributed by atoms with Gasteiger partial charge in [0.1, 0.15) is 5.75 Å². The van der Waals surface area contributed by atoms with Crippen molar-refractivity contribution in [3.63, 3.8) is 0 Å². The first-order chi connectivity index (χ1) is 13.0. The quantitative estimate of drug-likeness (QED) is 0.482. The minimum absolute atomic E-state index is 0.136. The van der Waals surface area contributed by atoms with Crippen molar-refractivity contribution >= 4 is 38.4 Å². The molecule has 0 saturated heterocycles. The molecule has 0 unspecified atom stereocenters. The first-order valence-corrected chi connectivity index (χ1v) is 9.45. The SMILES string of the molecule is CC[C@H](C)c1ccccc1OCC(=O)N=Nc1c(O)[nH]c2ccc(Br)cc12. The van der Waals surface area contributed by atoms with Crippen LogP contribution in [0.1, 0.15) is 31.7 Å². The molecule has 27 heavy (non-hydrogen) atoms. The zero-order chi connectivity index (χ0) is 19.4. The van der Waals surface area contributed by atoms with Crippen LogP contribution < -0.4 is 4.74 Å². The number of ether oxygens (including phenoxy) is 1. The number of aromatic hydroxyl groups is 1. The van der Waals surface area contributed by atoms with Crippen LogP contribution >= 0.6 is 15.9 Å². The fraction of sp³-hybridized carbons (Fsp3) is 0.250. The number of benzene rings is 2. The molecule has 2 aromatic carbocycles. The maximum Gasteiger partial charge on any atom is 0.302 e. The van der Waals surface area contributed by atoms with Gasteiger partial charge in [-0.2, -0.15) is 0 Å². The normalized spacial score (nSPS) is 12.6. The predicted octanol–water partition coefficient (Wildman–Crippen LogP) is 5.84. The number of nitrogens with one attached hydrogen (secondary N) is 1. The summed E-state index contributed by atoms with van der Waals surface area (Å²) < 4.78 is 6.48. The highest BCUT2D eigenvalue weighted by Gasteiger charge is 2.13. The zero-order valence-corrected chi connectivity index (χ0v) is 16.7. The highest BCUT2D eigenvalue weighted by atomic mass is 79.9. The number of halogens is 1. The third kappa shape index (κ3) is 4.36. The number of para-hydroxylation sites is 1. The van der Waals surface area contributed by atoms with E-state index < -0.39 is 5.91 Å². The minimum atomic E-state index is -0.530. The van der Waals surface area contributed by atoms with Crippen molar-refractivity contribution in [1.29, 1.82) is 0 Å². The Morgan fingerprint density at radius 2 is 2.07 bits per heavy atom. The molecule has 0 aliphatic carbocycles. The molecule has 2 N–H and O–H groups in total. The molecule has 3 aromatic rings. The van der Waals surface area contributed by atoms with Gasteiger partial charge in [-0.1, -0.05) is 48.0 Å². The van der Waals surface area contributed by atoms with E-state index in [1.165, 1.54) is 0 Å². The number of carbonyl (C=O) groups is 1. The van der Waals surface area contributed by atoms with Crippen LogP contribution in [0.25, 0.3) is 10.9 Å². The Hall–Kier alpha value is -2.67. The van der Waals surface area contributed by atoms with E-state index in [1.54, 1.807) is 12.1 Å². The van der Waals surface area contributed by atoms with E-state index in [9.17, 15) is 9.90 Å². The predicted molar refractivity (Wildman–Crippen MR) is 108 cm³/mol. The van der Waals surface area contributed by atoms with Crippen LogP contribution in [-0.2, 0) is 4.79 Å². The molecule has 0 radical (unpaired) electrons. The number of amides is 1. The summed E-state index contributed by atoms with van der Waals surface area (Å²) in [5, 5.41) is 18.3. The number of H-pyrrole nitrogens is 1. The number of hydrogen-bond donors (Lipinski definition) is 2. The topological polar surface area (TPSA) is 87.0 Å². The number of aromatic amines is 1. The van der Waals surface area contributed by atoms with Gasteiger partial charge in [0.2, 0.25) is 5.88 Å². The molecule has 7 heteroatoms. The Morgan fingerprint density at radius 3 is 2.85 bits per heavy atom. The molecular weight excluding hydrogens is 410 g/mol. The Bertz CT molecular complexity index is 997. The number of nitrogens with zero attached hydrogens (tertiary/aromatic N) is 2. The molecule has 1 aromatic heterocycles. The molecule has 0 saturated carbocycles. The van der Waals surface area contributed by atoms with E-state index >= 15 is 0 Å². The highest BCUT2D eigenvalue weighted by molar-refractivity contribution is 9.10. The molecule has 0 fully saturated rings. The number of rotatable bonds is 6. The second kappa shape index (κ2) is 8.35. The third-order valence-corrected chi connectivity index (χ3v) is 4.88. The van der Waals surface area contributed by atoms with Crippen LogP contribution in [0.15, 0.2) is 57.2 Å². The van der Waals surface area contributed by atoms with E-state index in [1.807, 2.05) is 30.3 Å². The Kier molecular flexibility index (Phi) is 5.91. The maximum absolute atomic E-state index is 12.1. The van der Waals surface area contributed by atoms with E-state index in [2.05, 4.69) is 45.0 Å². The van der Waals surface area contributed by atoms with Gasteiger partial charge in [0.05, 0.1) is 5.52 Å². The van der Waals surface area contributed by atoms with Crippen LogP contribution in [0, 0.1) is 0 Å². The van der Waals surface area contributed by atoms with Gasteiger partial charge in [-0.25, -0.2) is 0 Å². The molecule has 1 heterocycles. The minimum Gasteiger partial charge on any atom is -0.493 e. The fourth-order valence-electron chi connectivity index (χ4n) is 2.75. The summed E-state index contributed by atoms with van der Waals surface area (Å²) in [6.45, 7) is 4.00. The Labute approximate surface area is 165 Å². The van der Waals surface area contributed by atoms with Crippen LogP contribution in [0.4, 0.5) is 5.69 Å². The molecule has 0 aliphatic heterocycles. The van der Waals surface area contributed by atoms with Crippen molar-refractivity contribution in [2.75, 3.05) is 6.61 Å². The summed E-state index contributed by atoms with van der Waals surface area (Å²) in [4.78, 5) is 14.9. The number of azo groups is 1. The van der Waals surface area contributed by atoms with Gasteiger partial charge in [0, 0.05) is 9.86 Å². The summed E-state index contributed by atoms with van der Waals surface area (Å²) in [5.74, 6) is 0.342. The van der Waals surface area contributed by atoms with Crippen molar-refractivity contribution in [1.82, 2.24) is 4.98 Å². The lowest BCUT2D eigenvalue weighted by Gasteiger charge is -2.14. The molecule has 1 amide bonds. The van der Waals surface area contributed by atoms with E-state index in [4.69, 9.17) is 4.74 Å². The summed E-state index contributed by atoms with van der Waals surface area (Å²) in [5.41, 5.74) is 1.99. The van der Waals surface area contributed by atoms with Crippen LogP contribution in [0.3, 0.4) is 0 Å². The van der Waals surface area contributed by atoms with E-state index in [-0.39, 0.29) is 18.2 Å². The van der Waals surface area contributed by atoms with E-state index in [0.29, 0.717) is 22.6 Å². The van der Waals surface area contributed by atoms with Gasteiger partial charge in [-0.05, 0) is 42.2 Å². The Balaban J connectivity index is 1.72. The summed E-state index contributed by atoms with van der Waals surface area (Å²) in [6, 6.07) is 13.1. The van der Waals surface area contributed by atoms with Gasteiger partial charge in [0.25, 0.3) is 0 Å². The lowest BCUT2D eigenvalue weighted by atomic mass is 9.98. The molecule has 3 rings (SSSR count). The molecule has 6 nitrogen and oxygen atoms in total. The average Bonchev–Trinajstić information content (AvgIpc) is 2.98. The van der Waals surface area contributed by atoms with Gasteiger partial charge in [-0.3, -0.25) is 4.79 Å². The fourth-order valence-corrected chi connectivity index (χ4v) is 3.11. The largest absolute Gasteiger partial charge is 0.493 e. The molecule has 0 aliphatic rings. The monoisotopic (exact) mass is 429 g/mol. The number of aromatic nitrogens is 1. The van der Waals surface area contributed by atoms with Crippen LogP contribution in [0.5, 0.6) is 11.6 Å². The molecule has 0 bridgehead atoms. The number of hydrogen-bond acceptors (Lipinski definition) is 4. The Morgan fingerprint density at radius 1 is 1.30 bits per heavy atom. The van der Waals surface area contributed by atoms with Crippen molar-refractivity contribution in [2.45, 2.75) is 26.2 Å². The van der Waals surface area contributed by atoms with Gasteiger partial charge < -0.3 is 14.8 Å². The average molecular weight is 430 g/mol. The maximum atomic E-state index is 12.1. The lowest BCUT2D eigenvalue weighted by Crippen LogP contribution is -2.09. The molecule has 140 valence electrons. The van der Waals surface area contributed by atoms with Gasteiger partial charge in [0.15, 0.2) is 12.3 Å². The summed E-state index contributed by atoms with van der Waals surface area (Å²) >= 11 is 3.38. The van der Waals surface area contributed by atoms with Gasteiger partial charge >= 0.3 is 5.91 Å². The lowest BCUT2D eigenvalue weighted by molar-refractivity contribution is -0.120. The first kappa shape index (κ1) is 19.1. The van der Waals surface area contributed by atoms with Crippen molar-refractivity contribution in [3.8, 4) is 11.6 Å². The van der Waals surface area contributed by atoms with Gasteiger partial charge in [-0.15, -0.1) is 10.2 Å². The standard InChI is InChI=1S/C20H20BrN3O3/c1-3-12(2)14-6-4-5-7-17(14)27-11-18(25)23-24-19-15-10-13(21)8-9-16(15)22-20(19)26/h4-10,12,22,26H,3,11H2,1-2H3/t12-/m0/s1. The number of fused-ring (bicyclic) bond motifs is 1. The second-order valence-electron chi connectivity index (χ2n) is 6.24. The molecular formula is C20H20BrN3O3. The van der Waals surface area contributed by atoms with Crippen LogP contribution in [0.2, 0.25) is 0 Å². The van der Waals surface area contributed by atoms with Crippen molar-refractivity contribution in [3.05, 3.63) is 52.5 Å². The van der Waals surface area contributed by atoms with Crippen molar-refractivity contribution < 1.29 is 14.6 Å². The summed E-state index contributed by atoms with van der Waals surface area (Å²) in [7, 11) is 0. The first-order valence-electron chi connectivity index (χ1n) is 8.66. The highest BCUT2D eigenvalue weighted by Crippen LogP contribution is 2.36. The summed E-state index contributed by atoms with van der Waals surface area (Å²) in [6.07, 6.45) is 0.976.